The van der Waals surface area contributed by atoms with Crippen molar-refractivity contribution >= 4 is 39.1 Å². The van der Waals surface area contributed by atoms with Gasteiger partial charge in [0.05, 0.1) is 18.2 Å². The van der Waals surface area contributed by atoms with E-state index in [1.165, 1.54) is 18.4 Å². The van der Waals surface area contributed by atoms with Gasteiger partial charge in [-0.15, -0.1) is 11.3 Å². The topological polar surface area (TPSA) is 110 Å². The first kappa shape index (κ1) is 28.8. The highest BCUT2D eigenvalue weighted by Gasteiger charge is 2.40. The van der Waals surface area contributed by atoms with Crippen LogP contribution in [0, 0.1) is 0 Å². The van der Waals surface area contributed by atoms with E-state index in [4.69, 9.17) is 10.5 Å². The highest BCUT2D eigenvalue weighted by molar-refractivity contribution is 9.10. The van der Waals surface area contributed by atoms with Gasteiger partial charge < -0.3 is 20.9 Å². The largest absolute Gasteiger partial charge is 0.465 e. The minimum atomic E-state index is -4.48. The molecule has 2 aromatic heterocycles. The van der Waals surface area contributed by atoms with Crippen LogP contribution < -0.4 is 11.1 Å². The molecule has 206 valence electrons. The number of hydrogen-bond donors (Lipinski definition) is 3. The van der Waals surface area contributed by atoms with Crippen molar-refractivity contribution < 1.29 is 27.8 Å². The molecule has 4 N–H and O–H groups in total. The monoisotopic (exact) mass is 622 g/mol. The lowest BCUT2D eigenvalue weighted by Crippen LogP contribution is -2.32. The molecule has 4 rings (SSSR count). The molecule has 1 atom stereocenters. The third kappa shape index (κ3) is 6.34. The number of carbonyl (C=O) groups is 1. The van der Waals surface area contributed by atoms with Crippen molar-refractivity contribution in [3.05, 3.63) is 96.8 Å². The number of thiazole rings is 1. The van der Waals surface area contributed by atoms with E-state index in [-0.39, 0.29) is 11.6 Å². The van der Waals surface area contributed by atoms with Crippen LogP contribution in [0.5, 0.6) is 0 Å². The van der Waals surface area contributed by atoms with Crippen LogP contribution in [-0.4, -0.2) is 28.2 Å². The van der Waals surface area contributed by atoms with Gasteiger partial charge in [0.1, 0.15) is 22.2 Å². The van der Waals surface area contributed by atoms with Gasteiger partial charge in [-0.2, -0.15) is 13.2 Å². The number of fused-ring (bicyclic) bond motifs is 1. The lowest BCUT2D eigenvalue weighted by atomic mass is 9.79. The summed E-state index contributed by atoms with van der Waals surface area (Å²) in [4.78, 5) is 21.4. The van der Waals surface area contributed by atoms with Gasteiger partial charge in [-0.05, 0) is 77.5 Å². The Kier molecular flexibility index (Phi) is 8.48. The van der Waals surface area contributed by atoms with Crippen molar-refractivity contribution in [2.75, 3.05) is 12.4 Å². The number of halogens is 4. The molecule has 1 aliphatic carbocycles. The number of pyridine rings is 1. The Balaban J connectivity index is 1.48. The number of benzene rings is 1. The Morgan fingerprint density at radius 1 is 1.33 bits per heavy atom. The van der Waals surface area contributed by atoms with Gasteiger partial charge in [0.25, 0.3) is 0 Å². The second-order valence-electron chi connectivity index (χ2n) is 9.09. The van der Waals surface area contributed by atoms with Crippen molar-refractivity contribution in [2.24, 2.45) is 5.73 Å². The summed E-state index contributed by atoms with van der Waals surface area (Å²) in [6, 6.07) is 5.18. The lowest BCUT2D eigenvalue weighted by Gasteiger charge is -2.33. The van der Waals surface area contributed by atoms with Crippen LogP contribution in [-0.2, 0) is 29.4 Å². The zero-order valence-electron chi connectivity index (χ0n) is 21.1. The van der Waals surface area contributed by atoms with Crippen molar-refractivity contribution in [3.8, 4) is 0 Å². The molecule has 1 unspecified atom stereocenters. The second-order valence-corrected chi connectivity index (χ2v) is 11.0. The fourth-order valence-electron chi connectivity index (χ4n) is 4.42. The fourth-order valence-corrected chi connectivity index (χ4v) is 6.13. The zero-order valence-corrected chi connectivity index (χ0v) is 23.5. The summed E-state index contributed by atoms with van der Waals surface area (Å²) in [5, 5.41) is 15.0. The molecule has 0 bridgehead atoms. The van der Waals surface area contributed by atoms with E-state index in [2.05, 4.69) is 31.2 Å². The van der Waals surface area contributed by atoms with Crippen LogP contribution in [0.4, 0.5) is 19.0 Å². The van der Waals surface area contributed by atoms with E-state index in [1.807, 2.05) is 13.0 Å². The average molecular weight is 623 g/mol. The molecule has 0 saturated carbocycles. The molecule has 0 radical (unpaired) electrons. The first-order chi connectivity index (χ1) is 18.4. The normalized spacial score (nSPS) is 18.0. The smallest absolute Gasteiger partial charge is 0.416 e. The number of aliphatic hydroxyl groups is 1. The fraction of sp³-hybridized carbons (Fsp3) is 0.296. The van der Waals surface area contributed by atoms with Crippen LogP contribution >= 0.6 is 27.3 Å². The number of esters is 1. The quantitative estimate of drug-likeness (QED) is 0.216. The molecule has 2 heterocycles. The molecule has 1 aliphatic rings. The molecule has 3 aromatic rings. The summed E-state index contributed by atoms with van der Waals surface area (Å²) >= 11 is 4.91. The third-order valence-corrected chi connectivity index (χ3v) is 8.41. The number of anilines is 1. The summed E-state index contributed by atoms with van der Waals surface area (Å²) in [5.74, 6) is -0.316. The number of allylic oxidation sites excluding steroid dienone is 3. The molecule has 0 aliphatic heterocycles. The third-order valence-electron chi connectivity index (χ3n) is 6.33. The van der Waals surface area contributed by atoms with Crippen molar-refractivity contribution in [3.63, 3.8) is 0 Å². The SMILES string of the molecule is COC(=O)c1ccc2c(c1Br)CCCC2(O)c1ncc(C/C=C(C)\C=C(/N)Nc2cc(C(F)(F)F)ccn2)s1. The molecule has 0 fully saturated rings. The predicted octanol–water partition coefficient (Wildman–Crippen LogP) is 6.08. The summed E-state index contributed by atoms with van der Waals surface area (Å²) < 4.78 is 44.2. The van der Waals surface area contributed by atoms with Crippen molar-refractivity contribution in [1.82, 2.24) is 9.97 Å². The number of aromatic nitrogens is 2. The van der Waals surface area contributed by atoms with E-state index >= 15 is 0 Å². The number of carbonyl (C=O) groups excluding carboxylic acids is 1. The van der Waals surface area contributed by atoms with Gasteiger partial charge in [-0.25, -0.2) is 14.8 Å². The molecular formula is C27H26BrF3N4O3S. The van der Waals surface area contributed by atoms with Crippen LogP contribution in [0.2, 0.25) is 0 Å². The molecular weight excluding hydrogens is 597 g/mol. The highest BCUT2D eigenvalue weighted by atomic mass is 79.9. The molecule has 39 heavy (non-hydrogen) atoms. The van der Waals surface area contributed by atoms with Crippen LogP contribution in [0.3, 0.4) is 0 Å². The predicted molar refractivity (Wildman–Crippen MR) is 146 cm³/mol. The number of alkyl halides is 3. The molecule has 12 heteroatoms. The first-order valence-electron chi connectivity index (χ1n) is 11.9. The number of hydrogen-bond acceptors (Lipinski definition) is 8. The first-order valence-corrected chi connectivity index (χ1v) is 13.5. The number of methoxy groups -OCH3 is 1. The maximum Gasteiger partial charge on any atom is 0.416 e. The van der Waals surface area contributed by atoms with Crippen LogP contribution in [0.15, 0.2) is 64.7 Å². The van der Waals surface area contributed by atoms with E-state index < -0.39 is 23.3 Å². The van der Waals surface area contributed by atoms with E-state index in [1.54, 1.807) is 24.4 Å². The maximum absolute atomic E-state index is 12.9. The second kappa shape index (κ2) is 11.5. The van der Waals surface area contributed by atoms with Gasteiger partial charge >= 0.3 is 12.1 Å². The minimum absolute atomic E-state index is 0.00942. The van der Waals surface area contributed by atoms with Gasteiger partial charge in [0.2, 0.25) is 0 Å². The average Bonchev–Trinajstić information content (AvgIpc) is 3.37. The summed E-state index contributed by atoms with van der Waals surface area (Å²) in [5.41, 5.74) is 6.63. The Labute approximate surface area is 235 Å². The Morgan fingerprint density at radius 2 is 2.10 bits per heavy atom. The Morgan fingerprint density at radius 3 is 2.82 bits per heavy atom. The van der Waals surface area contributed by atoms with E-state index in [0.717, 1.165) is 40.8 Å². The number of rotatable bonds is 7. The maximum atomic E-state index is 12.9. The molecule has 0 saturated heterocycles. The van der Waals surface area contributed by atoms with Crippen molar-refractivity contribution in [2.45, 2.75) is 44.4 Å². The standard InChI is InChI=1S/C27H26BrF3N4O3S/c1-15(12-21(32)35-22-13-16(9-11-33-22)27(29,30)31)5-6-17-14-34-25(39-17)26(37)10-3-4-18-20(26)8-7-19(23(18)28)24(36)38-2/h5,7-9,11-14,37H,3-4,6,10,32H2,1-2H3,(H,33,35)/b15-5-,21-12+. The van der Waals surface area contributed by atoms with Crippen molar-refractivity contribution in [1.29, 1.82) is 0 Å². The van der Waals surface area contributed by atoms with Crippen LogP contribution in [0.25, 0.3) is 0 Å². The number of nitrogens with two attached hydrogens (primary N) is 1. The number of nitrogens with zero attached hydrogens (tertiary/aromatic N) is 2. The van der Waals surface area contributed by atoms with Gasteiger partial charge in [0, 0.05) is 28.2 Å². The summed E-state index contributed by atoms with van der Waals surface area (Å²) in [7, 11) is 1.33. The molecule has 1 aromatic carbocycles. The van der Waals surface area contributed by atoms with Gasteiger partial charge in [-0.3, -0.25) is 0 Å². The van der Waals surface area contributed by atoms with Gasteiger partial charge in [0.15, 0.2) is 0 Å². The van der Waals surface area contributed by atoms with Gasteiger partial charge in [-0.1, -0.05) is 17.7 Å². The van der Waals surface area contributed by atoms with E-state index in [0.29, 0.717) is 39.9 Å². The minimum Gasteiger partial charge on any atom is -0.465 e. The summed E-state index contributed by atoms with van der Waals surface area (Å²) in [6.07, 6.45) is 4.26. The number of ether oxygens (including phenoxy) is 1. The van der Waals surface area contributed by atoms with Crippen LogP contribution in [0.1, 0.15) is 56.7 Å². The Bertz CT molecular complexity index is 1450. The Hall–Kier alpha value is -3.22. The lowest BCUT2D eigenvalue weighted by molar-refractivity contribution is -0.137. The zero-order chi connectivity index (χ0) is 28.4. The molecule has 0 amide bonds. The summed E-state index contributed by atoms with van der Waals surface area (Å²) in [6.45, 7) is 1.82. The molecule has 7 nitrogen and oxygen atoms in total. The highest BCUT2D eigenvalue weighted by Crippen LogP contribution is 2.45. The van der Waals surface area contributed by atoms with E-state index in [9.17, 15) is 23.1 Å². The molecule has 0 spiro atoms. The number of nitrogens with one attached hydrogen (secondary N) is 1.